The van der Waals surface area contributed by atoms with Crippen molar-refractivity contribution in [2.75, 3.05) is 4.90 Å². The number of H-pyrrole nitrogens is 1. The smallest absolute Gasteiger partial charge is 0.419 e. The Morgan fingerprint density at radius 1 is 1.11 bits per heavy atom. The molecular formula is C17H11F3N6O. The van der Waals surface area contributed by atoms with Gasteiger partial charge in [0.15, 0.2) is 11.6 Å². The minimum absolute atomic E-state index is 0.140. The highest BCUT2D eigenvalue weighted by Gasteiger charge is 2.39. The first-order valence-electron chi connectivity index (χ1n) is 8.04. The minimum atomic E-state index is -4.49. The number of oxazole rings is 1. The molecule has 0 aliphatic carbocycles. The Kier molecular flexibility index (Phi) is 3.24. The van der Waals surface area contributed by atoms with E-state index in [1.54, 1.807) is 17.3 Å². The molecule has 27 heavy (non-hydrogen) atoms. The number of halogens is 3. The average molecular weight is 372 g/mol. The summed E-state index contributed by atoms with van der Waals surface area (Å²) < 4.78 is 44.2. The lowest BCUT2D eigenvalue weighted by Gasteiger charge is -2.22. The van der Waals surface area contributed by atoms with Crippen LogP contribution in [0.25, 0.3) is 11.1 Å². The molecule has 1 aliphatic rings. The van der Waals surface area contributed by atoms with Crippen molar-refractivity contribution in [3.63, 3.8) is 0 Å². The van der Waals surface area contributed by atoms with E-state index in [-0.39, 0.29) is 5.95 Å². The van der Waals surface area contributed by atoms with Crippen molar-refractivity contribution >= 4 is 17.0 Å². The van der Waals surface area contributed by atoms with Gasteiger partial charge in [-0.05, 0) is 12.1 Å². The summed E-state index contributed by atoms with van der Waals surface area (Å²) in [6.07, 6.45) is -1.39. The van der Waals surface area contributed by atoms with Gasteiger partial charge in [-0.2, -0.15) is 13.2 Å². The van der Waals surface area contributed by atoms with Crippen LogP contribution >= 0.6 is 0 Å². The summed E-state index contributed by atoms with van der Waals surface area (Å²) in [6, 6.07) is 6.77. The van der Waals surface area contributed by atoms with Crippen molar-refractivity contribution in [1.29, 1.82) is 0 Å². The molecule has 4 heterocycles. The van der Waals surface area contributed by atoms with Crippen molar-refractivity contribution in [1.82, 2.24) is 24.9 Å². The Labute approximate surface area is 149 Å². The molecular weight excluding hydrogens is 361 g/mol. The number of aromatic nitrogens is 5. The molecule has 3 aromatic heterocycles. The molecule has 0 bridgehead atoms. The zero-order valence-electron chi connectivity index (χ0n) is 13.6. The third-order valence-electron chi connectivity index (χ3n) is 4.42. The lowest BCUT2D eigenvalue weighted by atomic mass is 10.2. The standard InChI is InChI=1S/C17H11F3N6O/c18-17(19,20)9-5-21-16(22-6-9)26-7-11-13(24-8-23-11)14(26)15-25-10-3-1-2-4-12(10)27-15/h1-6,8,14H,7H2,(H,23,24)/t14-/m0/s1. The molecule has 1 atom stereocenters. The first kappa shape index (κ1) is 15.8. The lowest BCUT2D eigenvalue weighted by molar-refractivity contribution is -0.138. The van der Waals surface area contributed by atoms with Gasteiger partial charge in [-0.15, -0.1) is 0 Å². The molecule has 4 aromatic rings. The van der Waals surface area contributed by atoms with Crippen LogP contribution in [-0.2, 0) is 12.7 Å². The van der Waals surface area contributed by atoms with Crippen molar-refractivity contribution in [2.45, 2.75) is 18.8 Å². The number of hydrogen-bond donors (Lipinski definition) is 1. The number of imidazole rings is 1. The Morgan fingerprint density at radius 2 is 1.89 bits per heavy atom. The minimum Gasteiger partial charge on any atom is -0.438 e. The summed E-state index contributed by atoms with van der Waals surface area (Å²) in [7, 11) is 0. The zero-order valence-corrected chi connectivity index (χ0v) is 13.6. The number of nitrogens with one attached hydrogen (secondary N) is 1. The van der Waals surface area contributed by atoms with Gasteiger partial charge < -0.3 is 14.3 Å². The normalized spacial score (nSPS) is 16.9. The highest BCUT2D eigenvalue weighted by atomic mass is 19.4. The van der Waals surface area contributed by atoms with Crippen LogP contribution in [0.5, 0.6) is 0 Å². The molecule has 0 saturated carbocycles. The average Bonchev–Trinajstić information content (AvgIpc) is 3.34. The van der Waals surface area contributed by atoms with Gasteiger partial charge in [-0.3, -0.25) is 0 Å². The molecule has 10 heteroatoms. The van der Waals surface area contributed by atoms with E-state index in [1.165, 1.54) is 0 Å². The van der Waals surface area contributed by atoms with Crippen molar-refractivity contribution < 1.29 is 17.6 Å². The molecule has 5 rings (SSSR count). The molecule has 0 amide bonds. The van der Waals surface area contributed by atoms with Crippen LogP contribution in [0.3, 0.4) is 0 Å². The van der Waals surface area contributed by atoms with Crippen LogP contribution < -0.4 is 4.90 Å². The number of benzene rings is 1. The predicted octanol–water partition coefficient (Wildman–Crippen LogP) is 3.47. The third kappa shape index (κ3) is 2.52. The van der Waals surface area contributed by atoms with Gasteiger partial charge in [0.1, 0.15) is 5.52 Å². The number of aromatic amines is 1. The second-order valence-corrected chi connectivity index (χ2v) is 6.09. The largest absolute Gasteiger partial charge is 0.438 e. The number of alkyl halides is 3. The number of nitrogens with zero attached hydrogens (tertiary/aromatic N) is 5. The van der Waals surface area contributed by atoms with Gasteiger partial charge in [0.2, 0.25) is 11.8 Å². The first-order valence-corrected chi connectivity index (χ1v) is 8.04. The zero-order chi connectivity index (χ0) is 18.6. The summed E-state index contributed by atoms with van der Waals surface area (Å²) >= 11 is 0. The molecule has 7 nitrogen and oxygen atoms in total. The maximum absolute atomic E-state index is 12.8. The highest BCUT2D eigenvalue weighted by Crippen LogP contribution is 2.39. The fourth-order valence-electron chi connectivity index (χ4n) is 3.16. The number of para-hydroxylation sites is 2. The Hall–Kier alpha value is -3.43. The van der Waals surface area contributed by atoms with Gasteiger partial charge in [0.25, 0.3) is 0 Å². The maximum Gasteiger partial charge on any atom is 0.419 e. The summed E-state index contributed by atoms with van der Waals surface area (Å²) in [5.41, 5.74) is 1.89. The van der Waals surface area contributed by atoms with Gasteiger partial charge in [0, 0.05) is 12.4 Å². The van der Waals surface area contributed by atoms with Crippen LogP contribution in [0.4, 0.5) is 19.1 Å². The van der Waals surface area contributed by atoms with Crippen molar-refractivity contribution in [3.8, 4) is 0 Å². The van der Waals surface area contributed by atoms with E-state index >= 15 is 0 Å². The van der Waals surface area contributed by atoms with E-state index < -0.39 is 17.8 Å². The van der Waals surface area contributed by atoms with Gasteiger partial charge >= 0.3 is 6.18 Å². The molecule has 1 aromatic carbocycles. The van der Waals surface area contributed by atoms with Crippen molar-refractivity contribution in [3.05, 3.63) is 65.8 Å². The number of anilines is 1. The lowest BCUT2D eigenvalue weighted by Crippen LogP contribution is -2.25. The topological polar surface area (TPSA) is 83.7 Å². The van der Waals surface area contributed by atoms with E-state index in [9.17, 15) is 13.2 Å². The summed E-state index contributed by atoms with van der Waals surface area (Å²) in [5.74, 6) is 0.521. The van der Waals surface area contributed by atoms with Crippen LogP contribution in [0.2, 0.25) is 0 Å². The van der Waals surface area contributed by atoms with Gasteiger partial charge in [-0.25, -0.2) is 19.9 Å². The van der Waals surface area contributed by atoms with Crippen LogP contribution in [0.1, 0.15) is 28.9 Å². The summed E-state index contributed by atoms with van der Waals surface area (Å²) in [5, 5.41) is 0. The Bertz CT molecular complexity index is 1080. The molecule has 0 radical (unpaired) electrons. The van der Waals surface area contributed by atoms with Gasteiger partial charge in [-0.1, -0.05) is 12.1 Å². The van der Waals surface area contributed by atoms with E-state index in [0.29, 0.717) is 29.2 Å². The van der Waals surface area contributed by atoms with E-state index in [2.05, 4.69) is 24.9 Å². The first-order chi connectivity index (χ1) is 13.0. The van der Waals surface area contributed by atoms with Gasteiger partial charge in [0.05, 0.1) is 29.8 Å². The monoisotopic (exact) mass is 372 g/mol. The van der Waals surface area contributed by atoms with Crippen LogP contribution in [0.15, 0.2) is 47.4 Å². The fraction of sp³-hybridized carbons (Fsp3) is 0.176. The maximum atomic E-state index is 12.8. The summed E-state index contributed by atoms with van der Waals surface area (Å²) in [4.78, 5) is 21.4. The molecule has 0 fully saturated rings. The molecule has 0 saturated heterocycles. The molecule has 0 spiro atoms. The van der Waals surface area contributed by atoms with E-state index in [1.807, 2.05) is 18.2 Å². The fourth-order valence-corrected chi connectivity index (χ4v) is 3.16. The van der Waals surface area contributed by atoms with E-state index in [0.717, 1.165) is 18.1 Å². The Morgan fingerprint density at radius 3 is 2.63 bits per heavy atom. The molecule has 1 N–H and O–H groups in total. The Balaban J connectivity index is 1.58. The highest BCUT2D eigenvalue weighted by molar-refractivity contribution is 5.72. The van der Waals surface area contributed by atoms with Crippen LogP contribution in [0, 0.1) is 0 Å². The number of hydrogen-bond acceptors (Lipinski definition) is 6. The number of rotatable bonds is 2. The SMILES string of the molecule is FC(F)(F)c1cnc(N2Cc3[nH]cnc3[C@H]2c2nc3ccccc3o2)nc1. The van der Waals surface area contributed by atoms with Crippen molar-refractivity contribution in [2.24, 2.45) is 0 Å². The third-order valence-corrected chi connectivity index (χ3v) is 4.42. The molecule has 0 unspecified atom stereocenters. The molecule has 1 aliphatic heterocycles. The second-order valence-electron chi connectivity index (χ2n) is 6.09. The van der Waals surface area contributed by atoms with Crippen LogP contribution in [-0.4, -0.2) is 24.9 Å². The predicted molar refractivity (Wildman–Crippen MR) is 87.7 cm³/mol. The molecule has 136 valence electrons. The number of fused-ring (bicyclic) bond motifs is 2. The quantitative estimate of drug-likeness (QED) is 0.580. The van der Waals surface area contributed by atoms with E-state index in [4.69, 9.17) is 4.42 Å². The second kappa shape index (κ2) is 5.53. The summed E-state index contributed by atoms with van der Waals surface area (Å²) in [6.45, 7) is 0.351.